The molecule has 0 saturated carbocycles. The van der Waals surface area contributed by atoms with Crippen LogP contribution in [0.2, 0.25) is 0 Å². The second-order valence-corrected chi connectivity index (χ2v) is 8.05. The van der Waals surface area contributed by atoms with Crippen molar-refractivity contribution in [3.8, 4) is 5.75 Å². The number of amides is 1. The number of aromatic carboxylic acids is 1. The Morgan fingerprint density at radius 3 is 2.59 bits per heavy atom. The lowest BCUT2D eigenvalue weighted by molar-refractivity contribution is -0.121. The molecule has 0 radical (unpaired) electrons. The lowest BCUT2D eigenvalue weighted by Gasteiger charge is -2.09. The maximum absolute atomic E-state index is 12.8. The molecular formula is C25H20N2O4S. The van der Waals surface area contributed by atoms with Crippen LogP contribution in [-0.2, 0) is 11.4 Å². The molecule has 0 spiro atoms. The quantitative estimate of drug-likeness (QED) is 0.529. The Morgan fingerprint density at radius 1 is 1.06 bits per heavy atom. The molecule has 1 aliphatic heterocycles. The van der Waals surface area contributed by atoms with E-state index in [1.807, 2.05) is 54.6 Å². The van der Waals surface area contributed by atoms with E-state index >= 15 is 0 Å². The van der Waals surface area contributed by atoms with Gasteiger partial charge in [-0.05, 0) is 47.7 Å². The number of aliphatic imine (C=N–C) groups is 1. The molecule has 32 heavy (non-hydrogen) atoms. The largest absolute Gasteiger partial charge is 0.488 e. The Labute approximate surface area is 189 Å². The summed E-state index contributed by atoms with van der Waals surface area (Å²) >= 11 is 1.24. The Kier molecular flexibility index (Phi) is 6.37. The molecule has 7 heteroatoms. The van der Waals surface area contributed by atoms with Crippen LogP contribution in [0.3, 0.4) is 0 Å². The summed E-state index contributed by atoms with van der Waals surface area (Å²) in [5, 5.41) is 9.65. The molecule has 1 N–H and O–H groups in total. The third kappa shape index (κ3) is 4.90. The highest BCUT2D eigenvalue weighted by molar-refractivity contribution is 8.18. The second kappa shape index (κ2) is 9.53. The SMILES string of the molecule is CN1C(=O)/C(=C\c2ccccc2OCc2ccccc2)SC1=Nc1cccc(C(=O)O)c1. The highest BCUT2D eigenvalue weighted by Crippen LogP contribution is 2.35. The Morgan fingerprint density at radius 2 is 1.81 bits per heavy atom. The molecule has 1 fully saturated rings. The average molecular weight is 445 g/mol. The molecule has 160 valence electrons. The summed E-state index contributed by atoms with van der Waals surface area (Å²) in [5.74, 6) is -0.524. The first-order chi connectivity index (χ1) is 15.5. The number of rotatable bonds is 6. The van der Waals surface area contributed by atoms with E-state index in [1.165, 1.54) is 28.8 Å². The predicted molar refractivity (Wildman–Crippen MR) is 126 cm³/mol. The molecule has 6 nitrogen and oxygen atoms in total. The van der Waals surface area contributed by atoms with Crippen molar-refractivity contribution >= 4 is 40.6 Å². The van der Waals surface area contributed by atoms with Gasteiger partial charge in [0.25, 0.3) is 5.91 Å². The van der Waals surface area contributed by atoms with Gasteiger partial charge < -0.3 is 9.84 Å². The zero-order valence-corrected chi connectivity index (χ0v) is 18.1. The Balaban J connectivity index is 1.57. The third-order valence-electron chi connectivity index (χ3n) is 4.76. The van der Waals surface area contributed by atoms with Gasteiger partial charge in [-0.15, -0.1) is 0 Å². The van der Waals surface area contributed by atoms with Crippen molar-refractivity contribution in [3.63, 3.8) is 0 Å². The van der Waals surface area contributed by atoms with Crippen molar-refractivity contribution in [3.05, 3.63) is 100 Å². The highest BCUT2D eigenvalue weighted by Gasteiger charge is 2.30. The van der Waals surface area contributed by atoms with Crippen LogP contribution in [0.25, 0.3) is 6.08 Å². The van der Waals surface area contributed by atoms with Gasteiger partial charge in [-0.3, -0.25) is 9.69 Å². The molecule has 3 aromatic carbocycles. The third-order valence-corrected chi connectivity index (χ3v) is 5.82. The summed E-state index contributed by atoms with van der Waals surface area (Å²) < 4.78 is 5.99. The van der Waals surface area contributed by atoms with Crippen LogP contribution in [0.5, 0.6) is 5.75 Å². The topological polar surface area (TPSA) is 79.2 Å². The number of benzene rings is 3. The zero-order valence-electron chi connectivity index (χ0n) is 17.3. The molecule has 4 rings (SSSR count). The fourth-order valence-corrected chi connectivity index (χ4v) is 4.06. The van der Waals surface area contributed by atoms with Crippen LogP contribution in [0, 0.1) is 0 Å². The number of likely N-dealkylation sites (N-methyl/N-ethyl adjacent to an activating group) is 1. The van der Waals surface area contributed by atoms with Gasteiger partial charge in [-0.25, -0.2) is 9.79 Å². The Bertz CT molecular complexity index is 1220. The fourth-order valence-electron chi connectivity index (χ4n) is 3.08. The maximum Gasteiger partial charge on any atom is 0.335 e. The summed E-state index contributed by atoms with van der Waals surface area (Å²) in [6.07, 6.45) is 1.79. The minimum absolute atomic E-state index is 0.143. The van der Waals surface area contributed by atoms with Gasteiger partial charge in [0.05, 0.1) is 16.2 Å². The summed E-state index contributed by atoms with van der Waals surface area (Å²) in [5.41, 5.74) is 2.46. The van der Waals surface area contributed by atoms with Crippen LogP contribution in [-0.4, -0.2) is 34.1 Å². The van der Waals surface area contributed by atoms with Gasteiger partial charge in [0.2, 0.25) is 0 Å². The lowest BCUT2D eigenvalue weighted by Crippen LogP contribution is -2.23. The number of amidine groups is 1. The number of para-hydroxylation sites is 1. The molecule has 1 amide bonds. The normalized spacial score (nSPS) is 16.0. The minimum atomic E-state index is -1.02. The van der Waals surface area contributed by atoms with Crippen molar-refractivity contribution < 1.29 is 19.4 Å². The number of carboxylic acid groups (broad SMARTS) is 1. The molecule has 0 atom stereocenters. The van der Waals surface area contributed by atoms with Crippen molar-refractivity contribution in [2.24, 2.45) is 4.99 Å². The van der Waals surface area contributed by atoms with Crippen molar-refractivity contribution in [2.45, 2.75) is 6.61 Å². The summed E-state index contributed by atoms with van der Waals surface area (Å²) in [6, 6.07) is 23.7. The first-order valence-electron chi connectivity index (χ1n) is 9.86. The predicted octanol–water partition coefficient (Wildman–Crippen LogP) is 5.20. The summed E-state index contributed by atoms with van der Waals surface area (Å²) in [4.78, 5) is 30.4. The number of carboxylic acids is 1. The van der Waals surface area contributed by atoms with Gasteiger partial charge in [0.1, 0.15) is 12.4 Å². The monoisotopic (exact) mass is 444 g/mol. The van der Waals surface area contributed by atoms with E-state index in [4.69, 9.17) is 4.74 Å². The van der Waals surface area contributed by atoms with E-state index in [2.05, 4.69) is 4.99 Å². The van der Waals surface area contributed by atoms with E-state index in [0.717, 1.165) is 11.1 Å². The smallest absolute Gasteiger partial charge is 0.335 e. The van der Waals surface area contributed by atoms with Crippen molar-refractivity contribution in [1.82, 2.24) is 4.90 Å². The number of carbonyl (C=O) groups is 2. The van der Waals surface area contributed by atoms with E-state index in [1.54, 1.807) is 25.3 Å². The molecule has 0 unspecified atom stereocenters. The fraction of sp³-hybridized carbons (Fsp3) is 0.0800. The lowest BCUT2D eigenvalue weighted by atomic mass is 10.2. The molecule has 0 bridgehead atoms. The van der Waals surface area contributed by atoms with Crippen LogP contribution in [0.1, 0.15) is 21.5 Å². The first kappa shape index (κ1) is 21.4. The zero-order chi connectivity index (χ0) is 22.5. The number of hydrogen-bond acceptors (Lipinski definition) is 5. The van der Waals surface area contributed by atoms with Gasteiger partial charge in [0, 0.05) is 12.6 Å². The van der Waals surface area contributed by atoms with Crippen molar-refractivity contribution in [1.29, 1.82) is 0 Å². The molecule has 1 aliphatic rings. The average Bonchev–Trinajstić information content (AvgIpc) is 3.07. The van der Waals surface area contributed by atoms with E-state index in [9.17, 15) is 14.7 Å². The molecule has 0 aromatic heterocycles. The molecular weight excluding hydrogens is 424 g/mol. The molecule has 3 aromatic rings. The maximum atomic E-state index is 12.8. The summed E-state index contributed by atoms with van der Waals surface area (Å²) in [6.45, 7) is 0.425. The number of nitrogens with zero attached hydrogens (tertiary/aromatic N) is 2. The number of thioether (sulfide) groups is 1. The van der Waals surface area contributed by atoms with Crippen molar-refractivity contribution in [2.75, 3.05) is 7.05 Å². The highest BCUT2D eigenvalue weighted by atomic mass is 32.2. The minimum Gasteiger partial charge on any atom is -0.488 e. The van der Waals surface area contributed by atoms with Gasteiger partial charge in [-0.1, -0.05) is 54.6 Å². The van der Waals surface area contributed by atoms with E-state index in [-0.39, 0.29) is 11.5 Å². The second-order valence-electron chi connectivity index (χ2n) is 7.04. The van der Waals surface area contributed by atoms with Crippen LogP contribution in [0.15, 0.2) is 88.8 Å². The summed E-state index contributed by atoms with van der Waals surface area (Å²) in [7, 11) is 1.65. The number of carbonyl (C=O) groups excluding carboxylic acids is 1. The number of ether oxygens (including phenoxy) is 1. The van der Waals surface area contributed by atoms with Crippen LogP contribution < -0.4 is 4.74 Å². The Hall–Kier alpha value is -3.84. The van der Waals surface area contributed by atoms with E-state index < -0.39 is 5.97 Å². The molecule has 1 heterocycles. The molecule has 1 saturated heterocycles. The van der Waals surface area contributed by atoms with Gasteiger partial charge in [-0.2, -0.15) is 0 Å². The van der Waals surface area contributed by atoms with Crippen LogP contribution in [0.4, 0.5) is 5.69 Å². The standard InChI is InChI=1S/C25H20N2O4S/c1-27-23(28)22(32-25(27)26-20-12-7-11-19(14-20)24(29)30)15-18-10-5-6-13-21(18)31-16-17-8-3-2-4-9-17/h2-15H,16H2,1H3,(H,29,30)/b22-15+,26-25?. The van der Waals surface area contributed by atoms with Crippen LogP contribution >= 0.6 is 11.8 Å². The van der Waals surface area contributed by atoms with E-state index in [0.29, 0.717) is 28.1 Å². The first-order valence-corrected chi connectivity index (χ1v) is 10.7. The number of hydrogen-bond donors (Lipinski definition) is 1. The van der Waals surface area contributed by atoms with Gasteiger partial charge in [0.15, 0.2) is 5.17 Å². The molecule has 0 aliphatic carbocycles. The van der Waals surface area contributed by atoms with Gasteiger partial charge >= 0.3 is 5.97 Å².